The lowest BCUT2D eigenvalue weighted by molar-refractivity contribution is 0.317. The van der Waals surface area contributed by atoms with Gasteiger partial charge in [-0.2, -0.15) is 8.42 Å². The van der Waals surface area contributed by atoms with E-state index in [1.165, 1.54) is 12.1 Å². The molecule has 0 amide bonds. The van der Waals surface area contributed by atoms with E-state index in [1.54, 1.807) is 13.0 Å². The van der Waals surface area contributed by atoms with Crippen molar-refractivity contribution < 1.29 is 17.7 Å². The molecule has 1 aromatic rings. The van der Waals surface area contributed by atoms with Crippen LogP contribution in [-0.2, 0) is 10.1 Å². The molecule has 84 valence electrons. The van der Waals surface area contributed by atoms with E-state index in [-0.39, 0.29) is 4.90 Å². The van der Waals surface area contributed by atoms with Crippen molar-refractivity contribution in [1.82, 2.24) is 0 Å². The minimum atomic E-state index is -4.13. The van der Waals surface area contributed by atoms with Crippen LogP contribution >= 0.6 is 0 Å². The highest BCUT2D eigenvalue weighted by Crippen LogP contribution is 2.20. The summed E-state index contributed by atoms with van der Waals surface area (Å²) in [7, 11) is -4.13. The van der Waals surface area contributed by atoms with Gasteiger partial charge >= 0.3 is 0 Å². The molecular formula is C10H14O4S. The van der Waals surface area contributed by atoms with Crippen molar-refractivity contribution in [3.63, 3.8) is 0 Å². The zero-order valence-electron chi connectivity index (χ0n) is 8.73. The smallest absolute Gasteiger partial charge is 0.294 e. The fraction of sp³-hybridized carbons (Fsp3) is 0.400. The molecule has 1 N–H and O–H groups in total. The lowest BCUT2D eigenvalue weighted by Gasteiger charge is -2.07. The third-order valence-corrected chi connectivity index (χ3v) is 2.91. The monoisotopic (exact) mass is 230 g/mol. The summed E-state index contributed by atoms with van der Waals surface area (Å²) < 4.78 is 36.0. The van der Waals surface area contributed by atoms with Crippen molar-refractivity contribution >= 4 is 10.1 Å². The first-order valence-corrected chi connectivity index (χ1v) is 6.10. The van der Waals surface area contributed by atoms with Gasteiger partial charge in [0.25, 0.3) is 10.1 Å². The molecule has 0 heterocycles. The van der Waals surface area contributed by atoms with E-state index < -0.39 is 10.1 Å². The average Bonchev–Trinajstić information content (AvgIpc) is 2.12. The standard InChI is InChI=1S/C10H14O4S/c1-3-6-14-9-4-5-10(8(2)7-9)15(11,12)13/h4-5,7H,3,6H2,1-2H3,(H,11,12,13). The maximum Gasteiger partial charge on any atom is 0.294 e. The van der Waals surface area contributed by atoms with Gasteiger partial charge in [-0.1, -0.05) is 6.92 Å². The summed E-state index contributed by atoms with van der Waals surface area (Å²) in [5.74, 6) is 0.613. The van der Waals surface area contributed by atoms with Crippen LogP contribution in [0.3, 0.4) is 0 Å². The zero-order chi connectivity index (χ0) is 11.5. The third kappa shape index (κ3) is 3.21. The highest BCUT2D eigenvalue weighted by Gasteiger charge is 2.13. The van der Waals surface area contributed by atoms with E-state index in [9.17, 15) is 8.42 Å². The largest absolute Gasteiger partial charge is 0.494 e. The molecule has 0 saturated carbocycles. The van der Waals surface area contributed by atoms with Gasteiger partial charge in [-0.15, -0.1) is 0 Å². The van der Waals surface area contributed by atoms with Crippen LogP contribution in [0.15, 0.2) is 23.1 Å². The molecular weight excluding hydrogens is 216 g/mol. The van der Waals surface area contributed by atoms with Crippen LogP contribution in [0.25, 0.3) is 0 Å². The summed E-state index contributed by atoms with van der Waals surface area (Å²) >= 11 is 0. The Morgan fingerprint density at radius 1 is 1.40 bits per heavy atom. The molecule has 0 aliphatic carbocycles. The summed E-state index contributed by atoms with van der Waals surface area (Å²) in [6.07, 6.45) is 0.888. The van der Waals surface area contributed by atoms with Crippen LogP contribution < -0.4 is 4.74 Å². The first-order valence-electron chi connectivity index (χ1n) is 4.66. The van der Waals surface area contributed by atoms with E-state index in [4.69, 9.17) is 9.29 Å². The van der Waals surface area contributed by atoms with Crippen molar-refractivity contribution in [2.45, 2.75) is 25.2 Å². The highest BCUT2D eigenvalue weighted by molar-refractivity contribution is 7.85. The topological polar surface area (TPSA) is 63.6 Å². The number of benzene rings is 1. The van der Waals surface area contributed by atoms with Gasteiger partial charge in [-0.3, -0.25) is 4.55 Å². The Labute approximate surface area is 89.6 Å². The number of rotatable bonds is 4. The van der Waals surface area contributed by atoms with Crippen LogP contribution in [0.1, 0.15) is 18.9 Å². The number of hydrogen-bond donors (Lipinski definition) is 1. The summed E-state index contributed by atoms with van der Waals surface area (Å²) in [4.78, 5) is -0.0775. The molecule has 0 aliphatic rings. The quantitative estimate of drug-likeness (QED) is 0.804. The third-order valence-electron chi connectivity index (χ3n) is 1.90. The summed E-state index contributed by atoms with van der Waals surface area (Å²) in [5, 5.41) is 0. The first-order chi connectivity index (χ1) is 6.95. The van der Waals surface area contributed by atoms with Crippen molar-refractivity contribution in [2.24, 2.45) is 0 Å². The van der Waals surface area contributed by atoms with Crippen molar-refractivity contribution in [3.8, 4) is 5.75 Å². The fourth-order valence-corrected chi connectivity index (χ4v) is 1.93. The predicted molar refractivity (Wildman–Crippen MR) is 56.8 cm³/mol. The molecule has 4 nitrogen and oxygen atoms in total. The van der Waals surface area contributed by atoms with E-state index in [2.05, 4.69) is 0 Å². The van der Waals surface area contributed by atoms with E-state index in [1.807, 2.05) is 6.92 Å². The van der Waals surface area contributed by atoms with Crippen molar-refractivity contribution in [3.05, 3.63) is 23.8 Å². The van der Waals surface area contributed by atoms with Gasteiger partial charge < -0.3 is 4.74 Å². The van der Waals surface area contributed by atoms with Crippen molar-refractivity contribution in [1.29, 1.82) is 0 Å². The molecule has 15 heavy (non-hydrogen) atoms. The van der Waals surface area contributed by atoms with E-state index in [0.29, 0.717) is 17.9 Å². The Hall–Kier alpha value is -1.07. The molecule has 0 radical (unpaired) electrons. The molecule has 0 bridgehead atoms. The Morgan fingerprint density at radius 3 is 2.53 bits per heavy atom. The molecule has 0 aliphatic heterocycles. The van der Waals surface area contributed by atoms with Gasteiger partial charge in [0, 0.05) is 0 Å². The Bertz CT molecular complexity index is 437. The molecule has 0 spiro atoms. The summed E-state index contributed by atoms with van der Waals surface area (Å²) in [6, 6.07) is 4.47. The molecule has 0 fully saturated rings. The second-order valence-corrected chi connectivity index (χ2v) is 4.64. The summed E-state index contributed by atoms with van der Waals surface area (Å²) in [5.41, 5.74) is 0.478. The molecule has 0 aromatic heterocycles. The van der Waals surface area contributed by atoms with Crippen LogP contribution in [-0.4, -0.2) is 19.6 Å². The SMILES string of the molecule is CCCOc1ccc(S(=O)(=O)O)c(C)c1. The van der Waals surface area contributed by atoms with Crippen LogP contribution in [0.4, 0.5) is 0 Å². The second-order valence-electron chi connectivity index (χ2n) is 3.25. The Balaban J connectivity index is 2.99. The Kier molecular flexibility index (Phi) is 3.71. The predicted octanol–water partition coefficient (Wildman–Crippen LogP) is 2.03. The molecule has 1 aromatic carbocycles. The number of ether oxygens (including phenoxy) is 1. The van der Waals surface area contributed by atoms with Crippen LogP contribution in [0.5, 0.6) is 5.75 Å². The van der Waals surface area contributed by atoms with Gasteiger partial charge in [0.1, 0.15) is 5.75 Å². The Morgan fingerprint density at radius 2 is 2.07 bits per heavy atom. The zero-order valence-corrected chi connectivity index (χ0v) is 9.54. The average molecular weight is 230 g/mol. The summed E-state index contributed by atoms with van der Waals surface area (Å²) in [6.45, 7) is 4.19. The van der Waals surface area contributed by atoms with Gasteiger partial charge in [-0.05, 0) is 37.1 Å². The molecule has 5 heteroatoms. The molecule has 0 unspecified atom stereocenters. The maximum absolute atomic E-state index is 10.9. The van der Waals surface area contributed by atoms with Gasteiger partial charge in [0.2, 0.25) is 0 Å². The fourth-order valence-electron chi connectivity index (χ4n) is 1.22. The normalized spacial score (nSPS) is 11.4. The van der Waals surface area contributed by atoms with Gasteiger partial charge in [0.15, 0.2) is 0 Å². The van der Waals surface area contributed by atoms with E-state index >= 15 is 0 Å². The van der Waals surface area contributed by atoms with Gasteiger partial charge in [-0.25, -0.2) is 0 Å². The molecule has 0 atom stereocenters. The van der Waals surface area contributed by atoms with Crippen LogP contribution in [0, 0.1) is 6.92 Å². The second kappa shape index (κ2) is 4.63. The maximum atomic E-state index is 10.9. The molecule has 1 rings (SSSR count). The van der Waals surface area contributed by atoms with Crippen molar-refractivity contribution in [2.75, 3.05) is 6.61 Å². The lowest BCUT2D eigenvalue weighted by Crippen LogP contribution is -2.02. The van der Waals surface area contributed by atoms with Crippen LogP contribution in [0.2, 0.25) is 0 Å². The highest BCUT2D eigenvalue weighted by atomic mass is 32.2. The van der Waals surface area contributed by atoms with Gasteiger partial charge in [0.05, 0.1) is 11.5 Å². The minimum Gasteiger partial charge on any atom is -0.494 e. The first kappa shape index (κ1) is 12.0. The number of aryl methyl sites for hydroxylation is 1. The molecule has 0 saturated heterocycles. The minimum absolute atomic E-state index is 0.0775. The van der Waals surface area contributed by atoms with E-state index in [0.717, 1.165) is 6.42 Å². The lowest BCUT2D eigenvalue weighted by atomic mass is 10.2. The number of hydrogen-bond acceptors (Lipinski definition) is 3.